The van der Waals surface area contributed by atoms with Crippen molar-refractivity contribution in [2.45, 2.75) is 52.0 Å². The predicted octanol–water partition coefficient (Wildman–Crippen LogP) is 1.09. The normalized spacial score (nSPS) is 15.3. The molecule has 1 saturated heterocycles. The summed E-state index contributed by atoms with van der Waals surface area (Å²) >= 11 is 0. The molecule has 2 amide bonds. The summed E-state index contributed by atoms with van der Waals surface area (Å²) in [7, 11) is 0. The molecule has 0 aliphatic carbocycles. The lowest BCUT2D eigenvalue weighted by Gasteiger charge is -2.33. The second-order valence-electron chi connectivity index (χ2n) is 13.4. The van der Waals surface area contributed by atoms with Gasteiger partial charge in [-0.15, -0.1) is 0 Å². The molecule has 51 heavy (non-hydrogen) atoms. The Balaban J connectivity index is 1.59. The van der Waals surface area contributed by atoms with Crippen LogP contribution in [0.3, 0.4) is 0 Å². The van der Waals surface area contributed by atoms with E-state index in [4.69, 9.17) is 0 Å². The number of phenolic OH excluding ortho intramolecular Hbond substituents is 2. The number of carbonyl (C=O) groups excluding carboxylic acids is 2. The van der Waals surface area contributed by atoms with E-state index < -0.39 is 50.3 Å². The average Bonchev–Trinajstić information content (AvgIpc) is 3.12. The van der Waals surface area contributed by atoms with Gasteiger partial charge in [0.25, 0.3) is 11.8 Å². The summed E-state index contributed by atoms with van der Waals surface area (Å²) in [5, 5.41) is 65.4. The van der Waals surface area contributed by atoms with Gasteiger partial charge >= 0.3 is 0 Å². The second-order valence-corrected chi connectivity index (χ2v) is 13.4. The van der Waals surface area contributed by atoms with Crippen molar-refractivity contribution in [2.24, 2.45) is 0 Å². The first-order valence-electron chi connectivity index (χ1n) is 17.5. The molecule has 1 aliphatic heterocycles. The molecule has 0 saturated carbocycles. The Labute approximate surface area is 299 Å². The first-order chi connectivity index (χ1) is 24.5. The van der Waals surface area contributed by atoms with E-state index in [0.717, 1.165) is 43.7 Å². The molecule has 4 rings (SSSR count). The Bertz CT molecular complexity index is 1580. The number of phenols is 2. The topological polar surface area (TPSA) is 189 Å². The summed E-state index contributed by atoms with van der Waals surface area (Å²) in [5.74, 6) is -1.46. The van der Waals surface area contributed by atoms with E-state index in [-0.39, 0.29) is 22.6 Å². The van der Waals surface area contributed by atoms with Crippen LogP contribution in [0.25, 0.3) is 0 Å². The highest BCUT2D eigenvalue weighted by Crippen LogP contribution is 2.28. The van der Waals surface area contributed by atoms with Crippen molar-refractivity contribution in [1.29, 1.82) is 0 Å². The van der Waals surface area contributed by atoms with E-state index in [0.29, 0.717) is 43.9 Å². The first-order valence-corrected chi connectivity index (χ1v) is 17.5. The molecule has 0 bridgehead atoms. The minimum absolute atomic E-state index is 0.0735. The zero-order chi connectivity index (χ0) is 36.9. The van der Waals surface area contributed by atoms with Gasteiger partial charge in [0.15, 0.2) is 0 Å². The van der Waals surface area contributed by atoms with Crippen LogP contribution in [0.5, 0.6) is 11.5 Å². The fourth-order valence-electron chi connectivity index (χ4n) is 6.34. The van der Waals surface area contributed by atoms with Crippen molar-refractivity contribution in [3.8, 4) is 11.5 Å². The number of carbonyl (C=O) groups is 2. The number of benzene rings is 3. The monoisotopic (exact) mass is 707 g/mol. The lowest BCUT2D eigenvalue weighted by Crippen LogP contribution is -2.42. The molecule has 13 nitrogen and oxygen atoms in total. The lowest BCUT2D eigenvalue weighted by atomic mass is 10.0. The Hall–Kier alpha value is -4.08. The highest BCUT2D eigenvalue weighted by Gasteiger charge is 2.23. The lowest BCUT2D eigenvalue weighted by molar-refractivity contribution is 0.0870. The van der Waals surface area contributed by atoms with Crippen LogP contribution in [0, 0.1) is 13.8 Å². The van der Waals surface area contributed by atoms with Crippen molar-refractivity contribution >= 4 is 11.8 Å². The molecule has 0 atom stereocenters. The molecule has 1 heterocycles. The van der Waals surface area contributed by atoms with Gasteiger partial charge in [-0.05, 0) is 62.2 Å². The van der Waals surface area contributed by atoms with Crippen LogP contribution in [-0.2, 0) is 19.6 Å². The third-order valence-corrected chi connectivity index (χ3v) is 9.16. The van der Waals surface area contributed by atoms with Crippen LogP contribution in [0.2, 0.25) is 0 Å². The van der Waals surface area contributed by atoms with E-state index >= 15 is 0 Å². The zero-order valence-corrected chi connectivity index (χ0v) is 29.6. The van der Waals surface area contributed by atoms with Gasteiger partial charge in [-0.3, -0.25) is 24.3 Å². The van der Waals surface area contributed by atoms with Gasteiger partial charge in [0, 0.05) is 56.9 Å². The molecule has 0 spiro atoms. The van der Waals surface area contributed by atoms with Crippen LogP contribution in [0.1, 0.15) is 55.0 Å². The SMILES string of the molecule is Cc1cc(CN2CCCN(Cc3ccccc3)CCN(Cc3cc(C)cc(C(=O)NC(CO)CO)c3O)CC2)c(O)c(C(=O)NC(CO)CO)c1. The number of aryl methyl sites for hydroxylation is 2. The molecule has 278 valence electrons. The predicted molar refractivity (Wildman–Crippen MR) is 193 cm³/mol. The number of amides is 2. The summed E-state index contributed by atoms with van der Waals surface area (Å²) in [6, 6.07) is 15.5. The van der Waals surface area contributed by atoms with Gasteiger partial charge in [-0.25, -0.2) is 0 Å². The maximum atomic E-state index is 13.0. The summed E-state index contributed by atoms with van der Waals surface area (Å²) in [6.45, 7) is 7.71. The zero-order valence-electron chi connectivity index (χ0n) is 29.6. The molecule has 1 fully saturated rings. The molecule has 0 unspecified atom stereocenters. The van der Waals surface area contributed by atoms with Crippen LogP contribution >= 0.6 is 0 Å². The fraction of sp³-hybridized carbons (Fsp3) is 0.474. The molecule has 3 aromatic rings. The number of hydrogen-bond donors (Lipinski definition) is 8. The molecule has 0 aromatic heterocycles. The largest absolute Gasteiger partial charge is 0.507 e. The second kappa shape index (κ2) is 19.5. The fourth-order valence-corrected chi connectivity index (χ4v) is 6.34. The number of hydrogen-bond acceptors (Lipinski definition) is 11. The highest BCUT2D eigenvalue weighted by molar-refractivity contribution is 5.98. The van der Waals surface area contributed by atoms with Crippen molar-refractivity contribution in [2.75, 3.05) is 65.7 Å². The van der Waals surface area contributed by atoms with Crippen LogP contribution < -0.4 is 10.6 Å². The molecule has 1 aliphatic rings. The summed E-state index contributed by atoms with van der Waals surface area (Å²) in [6.07, 6.45) is 0.876. The maximum absolute atomic E-state index is 13.0. The molecule has 8 N–H and O–H groups in total. The summed E-state index contributed by atoms with van der Waals surface area (Å²) in [4.78, 5) is 32.9. The van der Waals surface area contributed by atoms with Gasteiger partial charge in [-0.2, -0.15) is 0 Å². The number of nitrogens with one attached hydrogen (secondary N) is 2. The molecule has 13 heteroatoms. The smallest absolute Gasteiger partial charge is 0.255 e. The first kappa shape index (κ1) is 39.7. The van der Waals surface area contributed by atoms with Crippen molar-refractivity contribution < 1.29 is 40.2 Å². The Morgan fingerprint density at radius 2 is 1.00 bits per heavy atom. The molecule has 0 radical (unpaired) electrons. The van der Waals surface area contributed by atoms with Crippen molar-refractivity contribution in [3.05, 3.63) is 93.5 Å². The van der Waals surface area contributed by atoms with E-state index in [1.54, 1.807) is 12.1 Å². The van der Waals surface area contributed by atoms with E-state index in [2.05, 4.69) is 37.5 Å². The van der Waals surface area contributed by atoms with Gasteiger partial charge in [0.2, 0.25) is 0 Å². The Morgan fingerprint density at radius 1 is 0.608 bits per heavy atom. The van der Waals surface area contributed by atoms with Gasteiger partial charge in [-0.1, -0.05) is 42.5 Å². The third-order valence-electron chi connectivity index (χ3n) is 9.16. The number of rotatable bonds is 14. The van der Waals surface area contributed by atoms with Gasteiger partial charge in [0.05, 0.1) is 49.6 Å². The number of aromatic hydroxyl groups is 2. The van der Waals surface area contributed by atoms with Crippen LogP contribution in [0.15, 0.2) is 54.6 Å². The van der Waals surface area contributed by atoms with Gasteiger partial charge < -0.3 is 41.3 Å². The standard InChI is InChI=1S/C38H53N5O8/c1-26-15-29(35(48)33(17-26)37(50)39-31(22-44)23-45)20-42-10-6-9-41(19-28-7-4-3-5-8-28)11-13-43(14-12-42)21-30-16-27(2)18-34(36(30)49)38(51)40-32(24-46)25-47/h3-5,7-8,15-18,31-32,44-49H,6,9-14,19-25H2,1-2H3,(H,39,50)(H,40,51). The summed E-state index contributed by atoms with van der Waals surface area (Å²) in [5.41, 5.74) is 4.09. The molecule has 3 aromatic carbocycles. The highest BCUT2D eigenvalue weighted by atomic mass is 16.3. The molecular weight excluding hydrogens is 654 g/mol. The Morgan fingerprint density at radius 3 is 1.41 bits per heavy atom. The average molecular weight is 708 g/mol. The van der Waals surface area contributed by atoms with E-state index in [1.807, 2.05) is 44.2 Å². The third kappa shape index (κ3) is 11.5. The van der Waals surface area contributed by atoms with Crippen molar-refractivity contribution in [1.82, 2.24) is 25.3 Å². The summed E-state index contributed by atoms with van der Waals surface area (Å²) < 4.78 is 0. The number of nitrogens with zero attached hydrogens (tertiary/aromatic N) is 3. The van der Waals surface area contributed by atoms with E-state index in [9.17, 15) is 40.2 Å². The number of aliphatic hydroxyl groups excluding tert-OH is 4. The Kier molecular flexibility index (Phi) is 15.2. The number of aliphatic hydroxyl groups is 4. The minimum Gasteiger partial charge on any atom is -0.507 e. The van der Waals surface area contributed by atoms with Gasteiger partial charge in [0.1, 0.15) is 11.5 Å². The quantitative estimate of drug-likeness (QED) is 0.120. The molecular formula is C38H53N5O8. The van der Waals surface area contributed by atoms with Crippen molar-refractivity contribution in [3.63, 3.8) is 0 Å². The minimum atomic E-state index is -0.846. The van der Waals surface area contributed by atoms with E-state index in [1.165, 1.54) is 5.56 Å². The van der Waals surface area contributed by atoms with Crippen LogP contribution in [-0.4, -0.2) is 135 Å². The maximum Gasteiger partial charge on any atom is 0.255 e. The van der Waals surface area contributed by atoms with Crippen LogP contribution in [0.4, 0.5) is 0 Å².